The van der Waals surface area contributed by atoms with Gasteiger partial charge in [0.2, 0.25) is 0 Å². The van der Waals surface area contributed by atoms with Crippen LogP contribution < -0.4 is 15.0 Å². The Hall–Kier alpha value is -4.07. The minimum absolute atomic E-state index is 0.0716. The highest BCUT2D eigenvalue weighted by molar-refractivity contribution is 6.03. The first-order valence-electron chi connectivity index (χ1n) is 15.9. The van der Waals surface area contributed by atoms with Gasteiger partial charge in [0, 0.05) is 42.3 Å². The summed E-state index contributed by atoms with van der Waals surface area (Å²) in [6, 6.07) is 5.66. The largest absolute Gasteiger partial charge is 0.508 e. The molecule has 4 aromatic rings. The number of piperazine rings is 1. The molecule has 8 rings (SSSR count). The van der Waals surface area contributed by atoms with Crippen LogP contribution in [0.2, 0.25) is 0 Å². The van der Waals surface area contributed by atoms with Crippen molar-refractivity contribution in [2.45, 2.75) is 56.1 Å². The average molecular weight is 585 g/mol. The van der Waals surface area contributed by atoms with Crippen LogP contribution in [-0.4, -0.2) is 75.3 Å². The van der Waals surface area contributed by atoms with Crippen molar-refractivity contribution in [3.8, 4) is 35.4 Å². The number of pyridine rings is 1. The molecule has 0 radical (unpaired) electrons. The van der Waals surface area contributed by atoms with E-state index in [1.807, 2.05) is 0 Å². The van der Waals surface area contributed by atoms with E-state index in [2.05, 4.69) is 31.0 Å². The van der Waals surface area contributed by atoms with Gasteiger partial charge in [-0.05, 0) is 75.2 Å². The smallest absolute Gasteiger partial charge is 0.319 e. The standard InChI is InChI=1S/C33H32F2N6O2/c1-2-23-26(34)8-5-19-13-22(42)14-24(27(19)23)29-28(35)30-25(15-36-29)31(40-16-20-6-7-21(17-40)37-20)39-32(38-30)43-18-33-9-3-11-41(33)12-4-10-33/h1,5,8,13-15,20-21,37,42H,3-4,6-7,9-12,16-18H2/i18D2. The van der Waals surface area contributed by atoms with Crippen LogP contribution in [0.4, 0.5) is 14.6 Å². The molecule has 2 atom stereocenters. The summed E-state index contributed by atoms with van der Waals surface area (Å²) >= 11 is 0. The lowest BCUT2D eigenvalue weighted by Crippen LogP contribution is -2.51. The monoisotopic (exact) mass is 584 g/mol. The number of nitrogens with one attached hydrogen (secondary N) is 1. The molecule has 2 unspecified atom stereocenters. The van der Waals surface area contributed by atoms with Gasteiger partial charge in [0.05, 0.1) is 19.2 Å². The van der Waals surface area contributed by atoms with Crippen LogP contribution in [0.5, 0.6) is 11.8 Å². The molecule has 2 aromatic heterocycles. The first-order chi connectivity index (χ1) is 21.7. The van der Waals surface area contributed by atoms with Crippen LogP contribution in [0.1, 0.15) is 46.8 Å². The van der Waals surface area contributed by atoms with E-state index >= 15 is 4.39 Å². The molecule has 220 valence electrons. The third kappa shape index (κ3) is 4.28. The molecular weight excluding hydrogens is 550 g/mol. The Kier molecular flexibility index (Phi) is 5.67. The third-order valence-electron chi connectivity index (χ3n) is 9.59. The number of phenolic OH excluding ortho intramolecular Hbond substituents is 1. The normalized spacial score (nSPS) is 23.8. The Balaban J connectivity index is 1.32. The molecule has 4 fully saturated rings. The molecule has 0 aliphatic carbocycles. The number of aromatic hydroxyl groups is 1. The van der Waals surface area contributed by atoms with Crippen molar-refractivity contribution in [2.75, 3.05) is 37.6 Å². The summed E-state index contributed by atoms with van der Waals surface area (Å²) in [5, 5.41) is 15.1. The highest BCUT2D eigenvalue weighted by Gasteiger charge is 2.45. The molecule has 2 aromatic carbocycles. The van der Waals surface area contributed by atoms with Crippen molar-refractivity contribution in [3.63, 3.8) is 0 Å². The Morgan fingerprint density at radius 3 is 2.65 bits per heavy atom. The minimum Gasteiger partial charge on any atom is -0.508 e. The van der Waals surface area contributed by atoms with Crippen molar-refractivity contribution in [3.05, 3.63) is 47.7 Å². The van der Waals surface area contributed by atoms with Gasteiger partial charge in [0.15, 0.2) is 5.82 Å². The van der Waals surface area contributed by atoms with Gasteiger partial charge in [-0.1, -0.05) is 12.0 Å². The molecule has 4 saturated heterocycles. The molecule has 0 saturated carbocycles. The van der Waals surface area contributed by atoms with Crippen molar-refractivity contribution >= 4 is 27.5 Å². The van der Waals surface area contributed by atoms with E-state index in [-0.39, 0.29) is 51.6 Å². The molecule has 0 spiro atoms. The maximum Gasteiger partial charge on any atom is 0.319 e. The zero-order valence-corrected chi connectivity index (χ0v) is 23.5. The number of terminal acetylenes is 1. The van der Waals surface area contributed by atoms with Gasteiger partial charge in [0.25, 0.3) is 0 Å². The van der Waals surface area contributed by atoms with Gasteiger partial charge in [-0.15, -0.1) is 6.42 Å². The third-order valence-corrected chi connectivity index (χ3v) is 9.59. The van der Waals surface area contributed by atoms with Crippen molar-refractivity contribution in [2.24, 2.45) is 0 Å². The van der Waals surface area contributed by atoms with Crippen LogP contribution in [0, 0.1) is 24.0 Å². The average Bonchev–Trinajstić information content (AvgIpc) is 3.72. The van der Waals surface area contributed by atoms with Gasteiger partial charge in [0.1, 0.15) is 35.2 Å². The number of hydrogen-bond donors (Lipinski definition) is 2. The number of benzene rings is 2. The summed E-state index contributed by atoms with van der Waals surface area (Å²) in [5.74, 6) is 1.13. The molecule has 2 N–H and O–H groups in total. The van der Waals surface area contributed by atoms with Crippen LogP contribution in [0.25, 0.3) is 32.9 Å². The SMILES string of the molecule is [2H]C([2H])(Oc1nc(N2CC3CCC(C2)N3)c2cnc(-c3cc(O)cc4ccc(F)c(C#C)c34)c(F)c2n1)C12CCCN1CCC2. The van der Waals surface area contributed by atoms with Crippen molar-refractivity contribution < 1.29 is 21.4 Å². The fourth-order valence-electron chi connectivity index (χ4n) is 7.63. The molecule has 8 nitrogen and oxygen atoms in total. The van der Waals surface area contributed by atoms with Gasteiger partial charge in [-0.3, -0.25) is 9.88 Å². The topological polar surface area (TPSA) is 86.6 Å². The van der Waals surface area contributed by atoms with Gasteiger partial charge >= 0.3 is 6.01 Å². The van der Waals surface area contributed by atoms with E-state index in [1.165, 1.54) is 30.5 Å². The lowest BCUT2D eigenvalue weighted by Gasteiger charge is -2.34. The summed E-state index contributed by atoms with van der Waals surface area (Å²) in [4.78, 5) is 17.9. The van der Waals surface area contributed by atoms with E-state index < -0.39 is 23.7 Å². The number of halogens is 2. The predicted octanol–water partition coefficient (Wildman–Crippen LogP) is 4.76. The lowest BCUT2D eigenvalue weighted by molar-refractivity contribution is 0.108. The number of fused-ring (bicyclic) bond motifs is 5. The number of phenols is 1. The Bertz CT molecular complexity index is 1890. The lowest BCUT2D eigenvalue weighted by atomic mass is 9.95. The maximum atomic E-state index is 16.8. The number of ether oxygens (including phenoxy) is 1. The van der Waals surface area contributed by atoms with E-state index in [0.29, 0.717) is 42.5 Å². The molecule has 2 bridgehead atoms. The van der Waals surface area contributed by atoms with Crippen LogP contribution in [-0.2, 0) is 0 Å². The molecule has 4 aliphatic heterocycles. The van der Waals surface area contributed by atoms with Gasteiger partial charge in [-0.2, -0.15) is 9.97 Å². The summed E-state index contributed by atoms with van der Waals surface area (Å²) in [6.45, 7) is 0.756. The minimum atomic E-state index is -2.12. The van der Waals surface area contributed by atoms with Gasteiger partial charge in [-0.25, -0.2) is 8.78 Å². The quantitative estimate of drug-likeness (QED) is 0.325. The van der Waals surface area contributed by atoms with Gasteiger partial charge < -0.3 is 20.1 Å². The second kappa shape index (κ2) is 10.00. The Morgan fingerprint density at radius 2 is 1.91 bits per heavy atom. The molecule has 4 aliphatic rings. The number of hydrogen-bond acceptors (Lipinski definition) is 8. The Labute approximate surface area is 250 Å². The predicted molar refractivity (Wildman–Crippen MR) is 160 cm³/mol. The molecular formula is C33H32F2N6O2. The second-order valence-electron chi connectivity index (χ2n) is 12.1. The van der Waals surface area contributed by atoms with E-state index in [0.717, 1.165) is 38.8 Å². The summed E-state index contributed by atoms with van der Waals surface area (Å²) in [7, 11) is 0. The number of rotatable bonds is 5. The summed E-state index contributed by atoms with van der Waals surface area (Å²) in [6.07, 6.45) is 12.2. The molecule has 43 heavy (non-hydrogen) atoms. The zero-order chi connectivity index (χ0) is 31.1. The van der Waals surface area contributed by atoms with Crippen molar-refractivity contribution in [1.29, 1.82) is 0 Å². The molecule has 10 heteroatoms. The van der Waals surface area contributed by atoms with Crippen LogP contribution in [0.3, 0.4) is 0 Å². The van der Waals surface area contributed by atoms with E-state index in [9.17, 15) is 9.50 Å². The van der Waals surface area contributed by atoms with Crippen LogP contribution >= 0.6 is 0 Å². The first kappa shape index (κ1) is 24.4. The van der Waals surface area contributed by atoms with E-state index in [4.69, 9.17) is 18.9 Å². The number of anilines is 1. The zero-order valence-electron chi connectivity index (χ0n) is 25.5. The van der Waals surface area contributed by atoms with Crippen LogP contribution in [0.15, 0.2) is 30.5 Å². The Morgan fingerprint density at radius 1 is 1.14 bits per heavy atom. The van der Waals surface area contributed by atoms with Crippen molar-refractivity contribution in [1.82, 2.24) is 25.2 Å². The highest BCUT2D eigenvalue weighted by atomic mass is 19.1. The molecule has 0 amide bonds. The highest BCUT2D eigenvalue weighted by Crippen LogP contribution is 2.41. The maximum absolute atomic E-state index is 16.8. The van der Waals surface area contributed by atoms with E-state index in [1.54, 1.807) is 0 Å². The second-order valence-corrected chi connectivity index (χ2v) is 12.1. The summed E-state index contributed by atoms with van der Waals surface area (Å²) in [5.41, 5.74) is -1.04. The fourth-order valence-corrected chi connectivity index (χ4v) is 7.63. The number of nitrogens with zero attached hydrogens (tertiary/aromatic N) is 5. The fraction of sp³-hybridized carbons (Fsp3) is 0.424. The first-order valence-corrected chi connectivity index (χ1v) is 14.9. The summed E-state index contributed by atoms with van der Waals surface area (Å²) < 4.78 is 55.9. The number of aromatic nitrogens is 3. The molecule has 6 heterocycles.